The Morgan fingerprint density at radius 1 is 1.10 bits per heavy atom. The van der Waals surface area contributed by atoms with Crippen LogP contribution >= 0.6 is 11.6 Å². The third kappa shape index (κ3) is 4.12. The second-order valence-electron chi connectivity index (χ2n) is 4.69. The Labute approximate surface area is 129 Å². The van der Waals surface area contributed by atoms with Crippen LogP contribution in [0.25, 0.3) is 0 Å². The van der Waals surface area contributed by atoms with Crippen LogP contribution in [0.3, 0.4) is 0 Å². The molecular weight excluding hydrogens is 310 g/mol. The summed E-state index contributed by atoms with van der Waals surface area (Å²) in [6.07, 6.45) is 0. The first-order valence-electron chi connectivity index (χ1n) is 6.27. The van der Waals surface area contributed by atoms with Crippen molar-refractivity contribution in [2.75, 3.05) is 12.8 Å². The number of nitrogen functional groups attached to an aromatic ring is 1. The normalized spacial score (nSPS) is 11.3. The van der Waals surface area contributed by atoms with Crippen LogP contribution in [-0.2, 0) is 21.3 Å². The number of halogens is 1. The quantitative estimate of drug-likeness (QED) is 0.858. The molecule has 112 valence electrons. The summed E-state index contributed by atoms with van der Waals surface area (Å²) in [7, 11) is -1.88. The van der Waals surface area contributed by atoms with Crippen molar-refractivity contribution in [1.82, 2.24) is 0 Å². The average Bonchev–Trinajstić information content (AvgIpc) is 2.43. The van der Waals surface area contributed by atoms with Gasteiger partial charge in [-0.05, 0) is 17.7 Å². The first-order chi connectivity index (χ1) is 9.91. The molecular formula is C15H16ClNO3S. The number of methoxy groups -OCH3 is 1. The molecule has 0 aromatic heterocycles. The van der Waals surface area contributed by atoms with Crippen molar-refractivity contribution in [3.8, 4) is 5.75 Å². The standard InChI is InChI=1S/C15H16ClNO3S/c1-20-15-8-13(17)7-6-12(15)10-21(18,19)9-11-4-2-3-5-14(11)16/h2-8H,9-10,17H2,1H3. The van der Waals surface area contributed by atoms with Crippen molar-refractivity contribution in [3.63, 3.8) is 0 Å². The number of hydrogen-bond acceptors (Lipinski definition) is 4. The van der Waals surface area contributed by atoms with Gasteiger partial charge in [0.05, 0.1) is 18.6 Å². The highest BCUT2D eigenvalue weighted by Crippen LogP contribution is 2.26. The highest BCUT2D eigenvalue weighted by Gasteiger charge is 2.17. The maximum atomic E-state index is 12.3. The van der Waals surface area contributed by atoms with Gasteiger partial charge in [-0.15, -0.1) is 0 Å². The number of hydrogen-bond donors (Lipinski definition) is 1. The maximum absolute atomic E-state index is 12.3. The van der Waals surface area contributed by atoms with E-state index < -0.39 is 9.84 Å². The lowest BCUT2D eigenvalue weighted by atomic mass is 10.2. The van der Waals surface area contributed by atoms with Gasteiger partial charge in [-0.3, -0.25) is 0 Å². The number of nitrogens with two attached hydrogens (primary N) is 1. The molecule has 0 unspecified atom stereocenters. The van der Waals surface area contributed by atoms with E-state index in [4.69, 9.17) is 22.1 Å². The monoisotopic (exact) mass is 325 g/mol. The van der Waals surface area contributed by atoms with E-state index in [1.165, 1.54) is 7.11 Å². The van der Waals surface area contributed by atoms with Crippen LogP contribution in [0.15, 0.2) is 42.5 Å². The third-order valence-corrected chi connectivity index (χ3v) is 4.89. The smallest absolute Gasteiger partial charge is 0.158 e. The van der Waals surface area contributed by atoms with E-state index in [-0.39, 0.29) is 11.5 Å². The van der Waals surface area contributed by atoms with Gasteiger partial charge in [-0.1, -0.05) is 35.9 Å². The molecule has 2 rings (SSSR count). The average molecular weight is 326 g/mol. The minimum atomic E-state index is -3.36. The Hall–Kier alpha value is -1.72. The summed E-state index contributed by atoms with van der Waals surface area (Å²) in [6, 6.07) is 11.8. The summed E-state index contributed by atoms with van der Waals surface area (Å²) in [5.41, 5.74) is 7.36. The summed E-state index contributed by atoms with van der Waals surface area (Å²) in [6.45, 7) is 0. The Morgan fingerprint density at radius 2 is 1.76 bits per heavy atom. The van der Waals surface area contributed by atoms with E-state index >= 15 is 0 Å². The van der Waals surface area contributed by atoms with Crippen LogP contribution in [0.1, 0.15) is 11.1 Å². The van der Waals surface area contributed by atoms with Crippen LogP contribution in [0, 0.1) is 0 Å². The number of benzene rings is 2. The lowest BCUT2D eigenvalue weighted by molar-refractivity contribution is 0.411. The second-order valence-corrected chi connectivity index (χ2v) is 7.17. The van der Waals surface area contributed by atoms with E-state index in [9.17, 15) is 8.42 Å². The topological polar surface area (TPSA) is 69.4 Å². The van der Waals surface area contributed by atoms with Crippen molar-refractivity contribution in [1.29, 1.82) is 0 Å². The zero-order valence-corrected chi connectivity index (χ0v) is 13.1. The van der Waals surface area contributed by atoms with Gasteiger partial charge in [0.2, 0.25) is 0 Å². The molecule has 0 bridgehead atoms. The molecule has 0 radical (unpaired) electrons. The molecule has 6 heteroatoms. The summed E-state index contributed by atoms with van der Waals surface area (Å²) < 4.78 is 29.8. The van der Waals surface area contributed by atoms with Gasteiger partial charge >= 0.3 is 0 Å². The molecule has 0 heterocycles. The molecule has 2 aromatic rings. The van der Waals surface area contributed by atoms with Gasteiger partial charge in [0, 0.05) is 22.3 Å². The summed E-state index contributed by atoms with van der Waals surface area (Å²) in [5.74, 6) is 0.236. The van der Waals surface area contributed by atoms with Gasteiger partial charge in [0.25, 0.3) is 0 Å². The predicted octanol–water partition coefficient (Wildman–Crippen LogP) is 3.05. The highest BCUT2D eigenvalue weighted by molar-refractivity contribution is 7.89. The lowest BCUT2D eigenvalue weighted by Crippen LogP contribution is -2.09. The van der Waals surface area contributed by atoms with Crippen LogP contribution < -0.4 is 10.5 Å². The van der Waals surface area contributed by atoms with Crippen molar-refractivity contribution < 1.29 is 13.2 Å². The van der Waals surface area contributed by atoms with Gasteiger partial charge < -0.3 is 10.5 Å². The molecule has 0 aliphatic rings. The van der Waals surface area contributed by atoms with Crippen LogP contribution in [0.5, 0.6) is 5.75 Å². The Bertz CT molecular complexity index is 744. The van der Waals surface area contributed by atoms with E-state index in [1.54, 1.807) is 42.5 Å². The number of rotatable bonds is 5. The largest absolute Gasteiger partial charge is 0.496 e. The fraction of sp³-hybridized carbons (Fsp3) is 0.200. The first kappa shape index (κ1) is 15.7. The van der Waals surface area contributed by atoms with Gasteiger partial charge in [-0.2, -0.15) is 0 Å². The maximum Gasteiger partial charge on any atom is 0.158 e. The number of anilines is 1. The van der Waals surface area contributed by atoms with Crippen LogP contribution in [0.2, 0.25) is 5.02 Å². The molecule has 0 fully saturated rings. The fourth-order valence-corrected chi connectivity index (χ4v) is 3.84. The summed E-state index contributed by atoms with van der Waals surface area (Å²) in [4.78, 5) is 0. The summed E-state index contributed by atoms with van der Waals surface area (Å²) >= 11 is 6.01. The first-order valence-corrected chi connectivity index (χ1v) is 8.47. The lowest BCUT2D eigenvalue weighted by Gasteiger charge is -2.10. The minimum absolute atomic E-state index is 0.111. The molecule has 0 aliphatic heterocycles. The zero-order valence-electron chi connectivity index (χ0n) is 11.5. The molecule has 0 amide bonds. The summed E-state index contributed by atoms with van der Waals surface area (Å²) in [5, 5.41) is 0.449. The number of sulfone groups is 1. The minimum Gasteiger partial charge on any atom is -0.496 e. The molecule has 0 atom stereocenters. The van der Waals surface area contributed by atoms with Crippen LogP contribution in [-0.4, -0.2) is 15.5 Å². The molecule has 21 heavy (non-hydrogen) atoms. The zero-order chi connectivity index (χ0) is 15.5. The van der Waals surface area contributed by atoms with Gasteiger partial charge in [-0.25, -0.2) is 8.42 Å². The Morgan fingerprint density at radius 3 is 2.43 bits per heavy atom. The third-order valence-electron chi connectivity index (χ3n) is 3.02. The van der Waals surface area contributed by atoms with E-state index in [1.807, 2.05) is 0 Å². The molecule has 0 saturated heterocycles. The van der Waals surface area contributed by atoms with E-state index in [0.717, 1.165) is 0 Å². The molecule has 4 nitrogen and oxygen atoms in total. The van der Waals surface area contributed by atoms with Crippen molar-refractivity contribution >= 4 is 27.1 Å². The number of ether oxygens (including phenoxy) is 1. The molecule has 0 spiro atoms. The second kappa shape index (κ2) is 6.37. The van der Waals surface area contributed by atoms with Gasteiger partial charge in [0.15, 0.2) is 9.84 Å². The van der Waals surface area contributed by atoms with Crippen molar-refractivity contribution in [2.45, 2.75) is 11.5 Å². The van der Waals surface area contributed by atoms with E-state index in [2.05, 4.69) is 0 Å². The molecule has 0 aliphatic carbocycles. The highest BCUT2D eigenvalue weighted by atomic mass is 35.5. The van der Waals surface area contributed by atoms with Crippen molar-refractivity contribution in [3.05, 3.63) is 58.6 Å². The Kier molecular flexibility index (Phi) is 4.75. The van der Waals surface area contributed by atoms with Gasteiger partial charge in [0.1, 0.15) is 5.75 Å². The van der Waals surface area contributed by atoms with Crippen LogP contribution in [0.4, 0.5) is 5.69 Å². The molecule has 2 aromatic carbocycles. The molecule has 2 N–H and O–H groups in total. The Balaban J connectivity index is 2.24. The van der Waals surface area contributed by atoms with Crippen molar-refractivity contribution in [2.24, 2.45) is 0 Å². The predicted molar refractivity (Wildman–Crippen MR) is 85.2 cm³/mol. The fourth-order valence-electron chi connectivity index (χ4n) is 2.02. The molecule has 0 saturated carbocycles. The SMILES string of the molecule is COc1cc(N)ccc1CS(=O)(=O)Cc1ccccc1Cl. The van der Waals surface area contributed by atoms with E-state index in [0.29, 0.717) is 27.6 Å².